The average Bonchev–Trinajstić information content (AvgIpc) is 2.56. The number of nitrogens with zero attached hydrogens (tertiary/aromatic N) is 1. The van der Waals surface area contributed by atoms with Crippen molar-refractivity contribution in [3.8, 4) is 11.1 Å². The maximum Gasteiger partial charge on any atom is 0.222 e. The van der Waals surface area contributed by atoms with Crippen molar-refractivity contribution in [1.82, 2.24) is 4.98 Å². The van der Waals surface area contributed by atoms with Crippen LogP contribution in [-0.4, -0.2) is 30.7 Å². The van der Waals surface area contributed by atoms with Crippen LogP contribution in [0.4, 0.5) is 10.2 Å². The summed E-state index contributed by atoms with van der Waals surface area (Å²) in [5, 5.41) is 2.62. The Morgan fingerprint density at radius 1 is 1.26 bits per heavy atom. The van der Waals surface area contributed by atoms with E-state index >= 15 is 0 Å². The number of amides is 1. The number of benzene rings is 1. The van der Waals surface area contributed by atoms with Gasteiger partial charge in [-0.15, -0.1) is 0 Å². The van der Waals surface area contributed by atoms with Crippen molar-refractivity contribution in [3.63, 3.8) is 0 Å². The molecule has 23 heavy (non-hydrogen) atoms. The third-order valence-electron chi connectivity index (χ3n) is 3.46. The minimum Gasteiger partial charge on any atom is -0.375 e. The van der Waals surface area contributed by atoms with E-state index in [2.05, 4.69) is 10.3 Å². The Kier molecular flexibility index (Phi) is 5.78. The van der Waals surface area contributed by atoms with Gasteiger partial charge in [-0.05, 0) is 23.3 Å². The standard InChI is InChI=1S/C17H20FN3O2/c1-11(22)21-16-8-7-14(10-20-16)12-3-5-13(6-4-12)17(23-2)15(19)9-18/h3-8,10,15,17H,9,19H2,1-2H3,(H,20,21,22). The van der Waals surface area contributed by atoms with E-state index in [1.807, 2.05) is 30.3 Å². The van der Waals surface area contributed by atoms with E-state index < -0.39 is 18.8 Å². The predicted molar refractivity (Wildman–Crippen MR) is 87.7 cm³/mol. The molecule has 1 aromatic carbocycles. The zero-order valence-corrected chi connectivity index (χ0v) is 13.1. The Bertz CT molecular complexity index is 644. The van der Waals surface area contributed by atoms with Crippen LogP contribution in [0.2, 0.25) is 0 Å². The van der Waals surface area contributed by atoms with Crippen molar-refractivity contribution >= 4 is 11.7 Å². The van der Waals surface area contributed by atoms with Crippen LogP contribution >= 0.6 is 0 Å². The average molecular weight is 317 g/mol. The Labute approximate surface area is 134 Å². The highest BCUT2D eigenvalue weighted by Crippen LogP contribution is 2.25. The molecule has 0 saturated heterocycles. The number of ether oxygens (including phenoxy) is 1. The number of hydrogen-bond acceptors (Lipinski definition) is 4. The molecule has 2 aromatic rings. The zero-order valence-electron chi connectivity index (χ0n) is 13.1. The lowest BCUT2D eigenvalue weighted by Crippen LogP contribution is -2.31. The molecule has 0 spiro atoms. The van der Waals surface area contributed by atoms with Gasteiger partial charge in [-0.25, -0.2) is 9.37 Å². The van der Waals surface area contributed by atoms with Gasteiger partial charge in [0.15, 0.2) is 0 Å². The Hall–Kier alpha value is -2.31. The number of alkyl halides is 1. The number of nitrogens with one attached hydrogen (secondary N) is 1. The quantitative estimate of drug-likeness (QED) is 0.859. The lowest BCUT2D eigenvalue weighted by Gasteiger charge is -2.20. The van der Waals surface area contributed by atoms with Crippen LogP contribution < -0.4 is 11.1 Å². The van der Waals surface area contributed by atoms with E-state index in [0.29, 0.717) is 5.82 Å². The summed E-state index contributed by atoms with van der Waals surface area (Å²) in [4.78, 5) is 15.2. The molecule has 5 nitrogen and oxygen atoms in total. The van der Waals surface area contributed by atoms with Crippen LogP contribution in [0.15, 0.2) is 42.6 Å². The molecule has 1 heterocycles. The van der Waals surface area contributed by atoms with Crippen molar-refractivity contribution in [2.75, 3.05) is 19.1 Å². The van der Waals surface area contributed by atoms with Gasteiger partial charge >= 0.3 is 0 Å². The third-order valence-corrected chi connectivity index (χ3v) is 3.46. The molecule has 2 atom stereocenters. The molecule has 0 bridgehead atoms. The van der Waals surface area contributed by atoms with Gasteiger partial charge in [0.2, 0.25) is 5.91 Å². The minimum atomic E-state index is -0.690. The number of carbonyl (C=O) groups excluding carboxylic acids is 1. The van der Waals surface area contributed by atoms with Crippen molar-refractivity contribution < 1.29 is 13.9 Å². The molecule has 0 saturated carbocycles. The van der Waals surface area contributed by atoms with Crippen molar-refractivity contribution in [3.05, 3.63) is 48.2 Å². The normalized spacial score (nSPS) is 13.4. The van der Waals surface area contributed by atoms with E-state index in [-0.39, 0.29) is 5.91 Å². The summed E-state index contributed by atoms with van der Waals surface area (Å²) in [6.45, 7) is 0.789. The largest absolute Gasteiger partial charge is 0.375 e. The molecule has 6 heteroatoms. The summed E-state index contributed by atoms with van der Waals surface area (Å²) >= 11 is 0. The molecule has 0 fully saturated rings. The number of anilines is 1. The molecule has 2 unspecified atom stereocenters. The summed E-state index contributed by atoms with van der Waals surface area (Å²) in [6, 6.07) is 10.4. The van der Waals surface area contributed by atoms with E-state index in [1.54, 1.807) is 12.3 Å². The maximum absolute atomic E-state index is 12.7. The highest BCUT2D eigenvalue weighted by molar-refractivity contribution is 5.87. The van der Waals surface area contributed by atoms with Crippen LogP contribution in [0.3, 0.4) is 0 Å². The predicted octanol–water partition coefficient (Wildman–Crippen LogP) is 2.69. The number of pyridine rings is 1. The number of carbonyl (C=O) groups is 1. The SMILES string of the molecule is COC(c1ccc(-c2ccc(NC(C)=O)nc2)cc1)C(N)CF. The molecule has 1 aromatic heterocycles. The number of aromatic nitrogens is 1. The summed E-state index contributed by atoms with van der Waals surface area (Å²) in [6.07, 6.45) is 1.20. The van der Waals surface area contributed by atoms with Crippen molar-refractivity contribution in [2.24, 2.45) is 5.73 Å². The van der Waals surface area contributed by atoms with Crippen LogP contribution in [0.1, 0.15) is 18.6 Å². The molecule has 1 amide bonds. The summed E-state index contributed by atoms with van der Waals surface area (Å²) in [5.74, 6) is 0.343. The number of hydrogen-bond donors (Lipinski definition) is 2. The van der Waals surface area contributed by atoms with Crippen LogP contribution in [0, 0.1) is 0 Å². The van der Waals surface area contributed by atoms with Crippen molar-refractivity contribution in [2.45, 2.75) is 19.1 Å². The summed E-state index contributed by atoms with van der Waals surface area (Å²) in [5.41, 5.74) is 8.41. The van der Waals surface area contributed by atoms with Gasteiger partial charge in [-0.2, -0.15) is 0 Å². The number of methoxy groups -OCH3 is 1. The fourth-order valence-electron chi connectivity index (χ4n) is 2.32. The molecule has 2 rings (SSSR count). The third kappa shape index (κ3) is 4.34. The lowest BCUT2D eigenvalue weighted by molar-refractivity contribution is -0.114. The van der Waals surface area contributed by atoms with Gasteiger partial charge in [-0.3, -0.25) is 4.79 Å². The second-order valence-electron chi connectivity index (χ2n) is 5.21. The molecule has 0 aliphatic rings. The molecular formula is C17H20FN3O2. The van der Waals surface area contributed by atoms with Gasteiger partial charge in [-0.1, -0.05) is 24.3 Å². The summed E-state index contributed by atoms with van der Waals surface area (Å²) in [7, 11) is 1.51. The first-order valence-electron chi connectivity index (χ1n) is 7.23. The number of nitrogens with two attached hydrogens (primary N) is 1. The van der Waals surface area contributed by atoms with E-state index in [1.165, 1.54) is 14.0 Å². The molecule has 122 valence electrons. The Balaban J connectivity index is 2.17. The highest BCUT2D eigenvalue weighted by atomic mass is 19.1. The second-order valence-corrected chi connectivity index (χ2v) is 5.21. The topological polar surface area (TPSA) is 77.2 Å². The lowest BCUT2D eigenvalue weighted by atomic mass is 10.00. The molecule has 0 aliphatic heterocycles. The first-order valence-corrected chi connectivity index (χ1v) is 7.23. The van der Waals surface area contributed by atoms with Gasteiger partial charge in [0, 0.05) is 25.8 Å². The Morgan fingerprint density at radius 2 is 1.91 bits per heavy atom. The second kappa shape index (κ2) is 7.80. The number of halogens is 1. The van der Waals surface area contributed by atoms with Gasteiger partial charge in [0.25, 0.3) is 0 Å². The van der Waals surface area contributed by atoms with E-state index in [9.17, 15) is 9.18 Å². The highest BCUT2D eigenvalue weighted by Gasteiger charge is 2.19. The minimum absolute atomic E-state index is 0.163. The molecule has 3 N–H and O–H groups in total. The molecule has 0 aliphatic carbocycles. The van der Waals surface area contributed by atoms with Gasteiger partial charge in [0.05, 0.1) is 12.1 Å². The zero-order chi connectivity index (χ0) is 16.8. The van der Waals surface area contributed by atoms with Crippen LogP contribution in [0.5, 0.6) is 0 Å². The molecular weight excluding hydrogens is 297 g/mol. The fourth-order valence-corrected chi connectivity index (χ4v) is 2.32. The monoisotopic (exact) mass is 317 g/mol. The Morgan fingerprint density at radius 3 is 2.39 bits per heavy atom. The van der Waals surface area contributed by atoms with Crippen LogP contribution in [0.25, 0.3) is 11.1 Å². The fraction of sp³-hybridized carbons (Fsp3) is 0.294. The molecule has 0 radical (unpaired) electrons. The van der Waals surface area contributed by atoms with Crippen molar-refractivity contribution in [1.29, 1.82) is 0 Å². The van der Waals surface area contributed by atoms with E-state index in [4.69, 9.17) is 10.5 Å². The first-order chi connectivity index (χ1) is 11.0. The van der Waals surface area contributed by atoms with Crippen LogP contribution in [-0.2, 0) is 9.53 Å². The van der Waals surface area contributed by atoms with E-state index in [0.717, 1.165) is 16.7 Å². The maximum atomic E-state index is 12.7. The first kappa shape index (κ1) is 17.1. The van der Waals surface area contributed by atoms with Gasteiger partial charge < -0.3 is 15.8 Å². The summed E-state index contributed by atoms with van der Waals surface area (Å²) < 4.78 is 18.0. The number of rotatable bonds is 6. The smallest absolute Gasteiger partial charge is 0.222 e. The van der Waals surface area contributed by atoms with Gasteiger partial charge in [0.1, 0.15) is 12.5 Å².